The molecule has 3 N–H and O–H groups in total. The predicted molar refractivity (Wildman–Crippen MR) is 71.1 cm³/mol. The van der Waals surface area contributed by atoms with Crippen LogP contribution in [0.2, 0.25) is 0 Å². The van der Waals surface area contributed by atoms with Crippen molar-refractivity contribution < 1.29 is 0 Å². The number of nitrogens with two attached hydrogens (primary N) is 1. The second kappa shape index (κ2) is 5.08. The molecular weight excluding hydrogens is 212 g/mol. The van der Waals surface area contributed by atoms with Gasteiger partial charge in [-0.05, 0) is 26.2 Å². The lowest BCUT2D eigenvalue weighted by Crippen LogP contribution is -2.43. The summed E-state index contributed by atoms with van der Waals surface area (Å²) in [5, 5.41) is 7.75. The lowest BCUT2D eigenvalue weighted by molar-refractivity contribution is 0.284. The molecule has 1 heterocycles. The molecule has 1 aromatic heterocycles. The van der Waals surface area contributed by atoms with E-state index in [-0.39, 0.29) is 5.54 Å². The molecule has 0 amide bonds. The first-order valence-electron chi connectivity index (χ1n) is 6.62. The zero-order valence-corrected chi connectivity index (χ0v) is 11.0. The first-order chi connectivity index (χ1) is 8.09. The van der Waals surface area contributed by atoms with Crippen LogP contribution < -0.4 is 11.1 Å². The van der Waals surface area contributed by atoms with Crippen LogP contribution in [-0.2, 0) is 7.05 Å². The lowest BCUT2D eigenvalue weighted by atomic mass is 9.80. The summed E-state index contributed by atoms with van der Waals surface area (Å²) in [4.78, 5) is 0. The second-order valence-corrected chi connectivity index (χ2v) is 5.39. The number of hydrogen-bond acceptors (Lipinski definition) is 3. The Morgan fingerprint density at radius 1 is 1.41 bits per heavy atom. The molecule has 1 aliphatic carbocycles. The summed E-state index contributed by atoms with van der Waals surface area (Å²) >= 11 is 0. The van der Waals surface area contributed by atoms with Gasteiger partial charge in [0.25, 0.3) is 0 Å². The zero-order chi connectivity index (χ0) is 12.3. The van der Waals surface area contributed by atoms with Crippen LogP contribution >= 0.6 is 0 Å². The molecule has 0 radical (unpaired) electrons. The number of aryl methyl sites for hydroxylation is 2. The van der Waals surface area contributed by atoms with E-state index in [4.69, 9.17) is 5.73 Å². The maximum atomic E-state index is 6.39. The molecule has 1 aliphatic rings. The number of hydrogen-bond donors (Lipinski definition) is 2. The Morgan fingerprint density at radius 3 is 2.71 bits per heavy atom. The molecule has 0 unspecified atom stereocenters. The summed E-state index contributed by atoms with van der Waals surface area (Å²) in [6, 6.07) is 2.07. The second-order valence-electron chi connectivity index (χ2n) is 5.39. The third kappa shape index (κ3) is 3.22. The monoisotopic (exact) mass is 236 g/mol. The van der Waals surface area contributed by atoms with E-state index in [0.717, 1.165) is 18.8 Å². The molecule has 1 fully saturated rings. The fraction of sp³-hybridized carbons (Fsp3) is 0.769. The first kappa shape index (κ1) is 12.4. The molecule has 96 valence electrons. The van der Waals surface area contributed by atoms with Gasteiger partial charge in [0, 0.05) is 30.9 Å². The summed E-state index contributed by atoms with van der Waals surface area (Å²) in [5.74, 6) is 0.962. The van der Waals surface area contributed by atoms with Crippen molar-refractivity contribution in [1.29, 1.82) is 0 Å². The topological polar surface area (TPSA) is 55.9 Å². The average Bonchev–Trinajstić information content (AvgIpc) is 2.59. The van der Waals surface area contributed by atoms with E-state index >= 15 is 0 Å². The van der Waals surface area contributed by atoms with Crippen LogP contribution in [0.15, 0.2) is 6.07 Å². The third-order valence-corrected chi connectivity index (χ3v) is 3.89. The van der Waals surface area contributed by atoms with Crippen molar-refractivity contribution >= 4 is 5.82 Å². The Labute approximate surface area is 104 Å². The Morgan fingerprint density at radius 2 is 2.12 bits per heavy atom. The number of nitrogens with zero attached hydrogens (tertiary/aromatic N) is 2. The summed E-state index contributed by atoms with van der Waals surface area (Å²) in [5.41, 5.74) is 7.63. The molecule has 0 saturated heterocycles. The third-order valence-electron chi connectivity index (χ3n) is 3.89. The van der Waals surface area contributed by atoms with Crippen LogP contribution in [0.1, 0.15) is 44.2 Å². The molecule has 4 nitrogen and oxygen atoms in total. The van der Waals surface area contributed by atoms with Crippen LogP contribution in [0.3, 0.4) is 0 Å². The van der Waals surface area contributed by atoms with E-state index in [1.165, 1.54) is 37.8 Å². The van der Waals surface area contributed by atoms with Gasteiger partial charge in [0.1, 0.15) is 5.82 Å². The molecule has 0 atom stereocenters. The first-order valence-corrected chi connectivity index (χ1v) is 6.62. The highest BCUT2D eigenvalue weighted by atomic mass is 15.3. The molecule has 1 saturated carbocycles. The Kier molecular flexibility index (Phi) is 3.72. The van der Waals surface area contributed by atoms with Gasteiger partial charge in [-0.3, -0.25) is 4.68 Å². The standard InChI is InChI=1S/C13H24N4/c1-11-10-12(16-17(11)2)15-9-8-13(14)6-4-3-5-7-13/h10H,3-9,14H2,1-2H3,(H,15,16). The quantitative estimate of drug-likeness (QED) is 0.842. The Balaban J connectivity index is 1.78. The maximum Gasteiger partial charge on any atom is 0.148 e. The van der Waals surface area contributed by atoms with Crippen LogP contribution in [0.5, 0.6) is 0 Å². The van der Waals surface area contributed by atoms with Crippen molar-refractivity contribution in [3.05, 3.63) is 11.8 Å². The SMILES string of the molecule is Cc1cc(NCCC2(N)CCCCC2)nn1C. The van der Waals surface area contributed by atoms with Gasteiger partial charge >= 0.3 is 0 Å². The van der Waals surface area contributed by atoms with Gasteiger partial charge in [0.15, 0.2) is 0 Å². The van der Waals surface area contributed by atoms with Crippen LogP contribution in [-0.4, -0.2) is 21.9 Å². The molecular formula is C13H24N4. The minimum Gasteiger partial charge on any atom is -0.369 e. The van der Waals surface area contributed by atoms with Crippen LogP contribution in [0.25, 0.3) is 0 Å². The predicted octanol–water partition coefficient (Wildman–Crippen LogP) is 2.19. The van der Waals surface area contributed by atoms with E-state index < -0.39 is 0 Å². The van der Waals surface area contributed by atoms with E-state index in [9.17, 15) is 0 Å². The van der Waals surface area contributed by atoms with E-state index in [0.29, 0.717) is 0 Å². The van der Waals surface area contributed by atoms with Gasteiger partial charge in [0.2, 0.25) is 0 Å². The molecule has 0 bridgehead atoms. The van der Waals surface area contributed by atoms with Crippen molar-refractivity contribution in [2.24, 2.45) is 12.8 Å². The summed E-state index contributed by atoms with van der Waals surface area (Å²) in [7, 11) is 1.96. The molecule has 0 spiro atoms. The number of rotatable bonds is 4. The molecule has 17 heavy (non-hydrogen) atoms. The van der Waals surface area contributed by atoms with Gasteiger partial charge in [-0.1, -0.05) is 19.3 Å². The highest BCUT2D eigenvalue weighted by molar-refractivity contribution is 5.35. The largest absolute Gasteiger partial charge is 0.369 e. The van der Waals surface area contributed by atoms with Gasteiger partial charge in [-0.25, -0.2) is 0 Å². The van der Waals surface area contributed by atoms with E-state index in [2.05, 4.69) is 23.4 Å². The zero-order valence-electron chi connectivity index (χ0n) is 11.0. The summed E-state index contributed by atoms with van der Waals surface area (Å²) in [6.45, 7) is 2.98. The molecule has 0 aliphatic heterocycles. The smallest absolute Gasteiger partial charge is 0.148 e. The summed E-state index contributed by atoms with van der Waals surface area (Å²) < 4.78 is 1.89. The Hall–Kier alpha value is -1.03. The Bertz CT molecular complexity index is 344. The number of anilines is 1. The fourth-order valence-electron chi connectivity index (χ4n) is 2.59. The normalized spacial score (nSPS) is 19.2. The van der Waals surface area contributed by atoms with Crippen molar-refractivity contribution in [2.45, 2.75) is 51.0 Å². The highest BCUT2D eigenvalue weighted by Gasteiger charge is 2.26. The number of nitrogens with one attached hydrogen (secondary N) is 1. The van der Waals surface area contributed by atoms with Crippen molar-refractivity contribution in [3.8, 4) is 0 Å². The van der Waals surface area contributed by atoms with Gasteiger partial charge in [0.05, 0.1) is 0 Å². The highest BCUT2D eigenvalue weighted by Crippen LogP contribution is 2.28. The van der Waals surface area contributed by atoms with E-state index in [1.54, 1.807) is 0 Å². The van der Waals surface area contributed by atoms with Crippen LogP contribution in [0.4, 0.5) is 5.82 Å². The van der Waals surface area contributed by atoms with Crippen molar-refractivity contribution in [3.63, 3.8) is 0 Å². The number of aromatic nitrogens is 2. The van der Waals surface area contributed by atoms with E-state index in [1.807, 2.05) is 11.7 Å². The minimum absolute atomic E-state index is 0.0646. The molecule has 1 aromatic rings. The molecule has 2 rings (SSSR count). The fourth-order valence-corrected chi connectivity index (χ4v) is 2.59. The van der Waals surface area contributed by atoms with Crippen molar-refractivity contribution in [2.75, 3.05) is 11.9 Å². The molecule has 0 aromatic carbocycles. The van der Waals surface area contributed by atoms with Crippen molar-refractivity contribution in [1.82, 2.24) is 9.78 Å². The van der Waals surface area contributed by atoms with Gasteiger partial charge < -0.3 is 11.1 Å². The van der Waals surface area contributed by atoms with Gasteiger partial charge in [-0.2, -0.15) is 5.10 Å². The van der Waals surface area contributed by atoms with Crippen LogP contribution in [0, 0.1) is 6.92 Å². The molecule has 4 heteroatoms. The summed E-state index contributed by atoms with van der Waals surface area (Å²) in [6.07, 6.45) is 7.33. The lowest BCUT2D eigenvalue weighted by Gasteiger charge is -2.33. The average molecular weight is 236 g/mol. The maximum absolute atomic E-state index is 6.39. The van der Waals surface area contributed by atoms with Gasteiger partial charge in [-0.15, -0.1) is 0 Å². The minimum atomic E-state index is 0.0646.